The summed E-state index contributed by atoms with van der Waals surface area (Å²) in [6.45, 7) is 6.29. The number of halogens is 2. The fourth-order valence-corrected chi connectivity index (χ4v) is 3.50. The number of nitrogens with zero attached hydrogens (tertiary/aromatic N) is 1. The molecule has 2 aromatic heterocycles. The number of aryl methyl sites for hydroxylation is 2. The van der Waals surface area contributed by atoms with Crippen molar-refractivity contribution in [3.8, 4) is 11.3 Å². The molecule has 4 aromatic rings. The van der Waals surface area contributed by atoms with Crippen LogP contribution in [0.25, 0.3) is 33.2 Å². The van der Waals surface area contributed by atoms with Crippen LogP contribution in [0.5, 0.6) is 0 Å². The van der Waals surface area contributed by atoms with E-state index in [-0.39, 0.29) is 5.58 Å². The molecule has 0 unspecified atom stereocenters. The Kier molecular flexibility index (Phi) is 3.79. The highest BCUT2D eigenvalue weighted by molar-refractivity contribution is 6.10. The van der Waals surface area contributed by atoms with Crippen molar-refractivity contribution in [1.29, 1.82) is 0 Å². The minimum Gasteiger partial charge on any atom is -0.455 e. The summed E-state index contributed by atoms with van der Waals surface area (Å²) in [4.78, 5) is 0. The lowest BCUT2D eigenvalue weighted by Gasteiger charge is -2.09. The normalized spacial score (nSPS) is 11.8. The van der Waals surface area contributed by atoms with Crippen LogP contribution in [0.2, 0.25) is 0 Å². The van der Waals surface area contributed by atoms with Crippen molar-refractivity contribution in [3.63, 3.8) is 0 Å². The van der Waals surface area contributed by atoms with Gasteiger partial charge in [-0.25, -0.2) is 13.3 Å². The van der Waals surface area contributed by atoms with Crippen molar-refractivity contribution < 1.29 is 17.8 Å². The Morgan fingerprint density at radius 3 is 2.54 bits per heavy atom. The first kappa shape index (κ1) is 16.7. The molecule has 0 N–H and O–H groups in total. The summed E-state index contributed by atoms with van der Waals surface area (Å²) in [5.74, 6) is -0.856. The monoisotopic (exact) mass is 352 g/mol. The van der Waals surface area contributed by atoms with Gasteiger partial charge in [0, 0.05) is 29.7 Å². The van der Waals surface area contributed by atoms with Crippen molar-refractivity contribution in [1.82, 2.24) is 0 Å². The Morgan fingerprint density at radius 1 is 1.04 bits per heavy atom. The summed E-state index contributed by atoms with van der Waals surface area (Å²) >= 11 is 0. The van der Waals surface area contributed by atoms with E-state index in [2.05, 4.69) is 26.0 Å². The molecule has 0 spiro atoms. The van der Waals surface area contributed by atoms with Gasteiger partial charge in [0.15, 0.2) is 6.20 Å². The molecule has 0 aliphatic heterocycles. The maximum absolute atomic E-state index is 14.4. The van der Waals surface area contributed by atoms with Crippen LogP contribution >= 0.6 is 0 Å². The number of hydrogen-bond donors (Lipinski definition) is 0. The van der Waals surface area contributed by atoms with Gasteiger partial charge >= 0.3 is 0 Å². The van der Waals surface area contributed by atoms with E-state index in [1.54, 1.807) is 0 Å². The third kappa shape index (κ3) is 2.48. The number of hydrogen-bond acceptors (Lipinski definition) is 1. The molecule has 4 rings (SSSR count). The Bertz CT molecular complexity index is 1160. The van der Waals surface area contributed by atoms with Crippen molar-refractivity contribution in [2.24, 2.45) is 7.05 Å². The Hall–Kier alpha value is -2.75. The maximum atomic E-state index is 14.4. The molecule has 0 bridgehead atoms. The van der Waals surface area contributed by atoms with E-state index in [1.807, 2.05) is 36.9 Å². The van der Waals surface area contributed by atoms with E-state index in [9.17, 15) is 8.78 Å². The highest BCUT2D eigenvalue weighted by Gasteiger charge is 2.23. The number of aromatic nitrogens is 1. The van der Waals surface area contributed by atoms with E-state index in [4.69, 9.17) is 4.42 Å². The van der Waals surface area contributed by atoms with Crippen LogP contribution < -0.4 is 4.57 Å². The van der Waals surface area contributed by atoms with Gasteiger partial charge in [0.2, 0.25) is 5.69 Å². The molecule has 26 heavy (non-hydrogen) atoms. The molecule has 4 heteroatoms. The van der Waals surface area contributed by atoms with Crippen LogP contribution in [0.3, 0.4) is 0 Å². The van der Waals surface area contributed by atoms with Gasteiger partial charge in [-0.15, -0.1) is 0 Å². The summed E-state index contributed by atoms with van der Waals surface area (Å²) in [7, 11) is 1.97. The molecule has 0 aliphatic carbocycles. The second-order valence-corrected chi connectivity index (χ2v) is 7.11. The van der Waals surface area contributed by atoms with Gasteiger partial charge in [0.1, 0.15) is 29.8 Å². The molecule has 0 saturated heterocycles. The number of benzene rings is 2. The standard InChI is InChI=1S/C22H20F2NO/c1-12(2)14-7-8-25(4)18(9-14)20-13(3)5-6-16-21-17(24)10-15(23)11-19(21)26-22(16)20/h5-12H,1-4H3/q+1. The molecular formula is C22H20F2NO+. The van der Waals surface area contributed by atoms with Crippen molar-refractivity contribution in [2.75, 3.05) is 0 Å². The summed E-state index contributed by atoms with van der Waals surface area (Å²) in [6, 6.07) is 10.2. The van der Waals surface area contributed by atoms with Crippen LogP contribution in [0, 0.1) is 18.6 Å². The molecule has 132 valence electrons. The number of rotatable bonds is 2. The first-order valence-corrected chi connectivity index (χ1v) is 8.67. The van der Waals surface area contributed by atoms with E-state index in [0.717, 1.165) is 22.9 Å². The summed E-state index contributed by atoms with van der Waals surface area (Å²) in [5.41, 5.74) is 4.94. The number of pyridine rings is 1. The largest absolute Gasteiger partial charge is 0.455 e. The average Bonchev–Trinajstić information content (AvgIpc) is 2.93. The Balaban J connectivity index is 2.12. The zero-order chi connectivity index (χ0) is 18.6. The quantitative estimate of drug-likeness (QED) is 0.418. The molecule has 2 heterocycles. The smallest absolute Gasteiger partial charge is 0.216 e. The molecule has 0 amide bonds. The first-order valence-electron chi connectivity index (χ1n) is 8.67. The second-order valence-electron chi connectivity index (χ2n) is 7.11. The highest BCUT2D eigenvalue weighted by atomic mass is 19.1. The van der Waals surface area contributed by atoms with Gasteiger partial charge in [0.25, 0.3) is 0 Å². The molecular weight excluding hydrogens is 332 g/mol. The van der Waals surface area contributed by atoms with Crippen LogP contribution in [-0.2, 0) is 7.05 Å². The topological polar surface area (TPSA) is 17.0 Å². The van der Waals surface area contributed by atoms with Crippen LogP contribution in [0.4, 0.5) is 8.78 Å². The van der Waals surface area contributed by atoms with Gasteiger partial charge < -0.3 is 4.42 Å². The number of fused-ring (bicyclic) bond motifs is 3. The summed E-state index contributed by atoms with van der Waals surface area (Å²) < 4.78 is 36.0. The van der Waals surface area contributed by atoms with Crippen LogP contribution in [0.1, 0.15) is 30.9 Å². The average molecular weight is 352 g/mol. The third-order valence-electron chi connectivity index (χ3n) is 4.96. The first-order chi connectivity index (χ1) is 12.4. The van der Waals surface area contributed by atoms with E-state index in [0.29, 0.717) is 22.3 Å². The minimum atomic E-state index is -0.639. The van der Waals surface area contributed by atoms with Crippen LogP contribution in [0.15, 0.2) is 47.0 Å². The second kappa shape index (κ2) is 5.90. The molecule has 0 atom stereocenters. The van der Waals surface area contributed by atoms with Crippen molar-refractivity contribution in [2.45, 2.75) is 26.7 Å². The SMILES string of the molecule is Cc1ccc2c(oc3cc(F)cc(F)c32)c1-c1cc(C(C)C)cc[n+]1C. The fourth-order valence-electron chi connectivity index (χ4n) is 3.50. The van der Waals surface area contributed by atoms with Gasteiger partial charge in [-0.2, -0.15) is 0 Å². The molecule has 0 saturated carbocycles. The van der Waals surface area contributed by atoms with Crippen LogP contribution in [-0.4, -0.2) is 0 Å². The lowest BCUT2D eigenvalue weighted by molar-refractivity contribution is -0.660. The van der Waals surface area contributed by atoms with Gasteiger partial charge in [-0.3, -0.25) is 0 Å². The van der Waals surface area contributed by atoms with Gasteiger partial charge in [0.05, 0.1) is 10.9 Å². The summed E-state index contributed by atoms with van der Waals surface area (Å²) in [5, 5.41) is 0.985. The maximum Gasteiger partial charge on any atom is 0.216 e. The highest BCUT2D eigenvalue weighted by Crippen LogP contribution is 2.38. The molecule has 2 aromatic carbocycles. The van der Waals surface area contributed by atoms with Crippen molar-refractivity contribution >= 4 is 21.9 Å². The van der Waals surface area contributed by atoms with E-state index < -0.39 is 11.6 Å². The Labute approximate surface area is 150 Å². The van der Waals surface area contributed by atoms with E-state index >= 15 is 0 Å². The number of furan rings is 1. The third-order valence-corrected chi connectivity index (χ3v) is 4.96. The van der Waals surface area contributed by atoms with E-state index in [1.165, 1.54) is 11.6 Å². The zero-order valence-electron chi connectivity index (χ0n) is 15.2. The lowest BCUT2D eigenvalue weighted by atomic mass is 9.97. The molecule has 0 aliphatic rings. The zero-order valence-corrected chi connectivity index (χ0v) is 15.2. The molecule has 2 nitrogen and oxygen atoms in total. The Morgan fingerprint density at radius 2 is 1.81 bits per heavy atom. The van der Waals surface area contributed by atoms with Crippen molar-refractivity contribution in [3.05, 3.63) is 65.4 Å². The summed E-state index contributed by atoms with van der Waals surface area (Å²) in [6.07, 6.45) is 2.02. The lowest BCUT2D eigenvalue weighted by Crippen LogP contribution is -2.31. The minimum absolute atomic E-state index is 0.229. The molecule has 0 radical (unpaired) electrons. The predicted molar refractivity (Wildman–Crippen MR) is 99.1 cm³/mol. The fraction of sp³-hybridized carbons (Fsp3) is 0.227. The van der Waals surface area contributed by atoms with Gasteiger partial charge in [-0.05, 0) is 24.0 Å². The van der Waals surface area contributed by atoms with Gasteiger partial charge in [-0.1, -0.05) is 26.0 Å². The molecule has 0 fully saturated rings. The predicted octanol–water partition coefficient (Wildman–Crippen LogP) is 5.79.